The van der Waals surface area contributed by atoms with Crippen LogP contribution in [0.3, 0.4) is 0 Å². The van der Waals surface area contributed by atoms with Gasteiger partial charge in [0.2, 0.25) is 0 Å². The molecule has 0 heterocycles. The summed E-state index contributed by atoms with van der Waals surface area (Å²) in [4.78, 5) is 0. The van der Waals surface area contributed by atoms with Crippen LogP contribution in [0, 0.1) is 22.2 Å². The molecule has 0 radical (unpaired) electrons. The van der Waals surface area contributed by atoms with Crippen LogP contribution in [0.15, 0.2) is 11.1 Å². The third-order valence-corrected chi connectivity index (χ3v) is 5.54. The fraction of sp³-hybridized carbons (Fsp3) is 0.812. The van der Waals surface area contributed by atoms with Crippen LogP contribution in [0.25, 0.3) is 0 Å². The lowest BCUT2D eigenvalue weighted by Gasteiger charge is -2.59. The summed E-state index contributed by atoms with van der Waals surface area (Å²) in [5.74, 6) is 0. The van der Waals surface area contributed by atoms with Crippen LogP contribution in [0.2, 0.25) is 0 Å². The SMILES string of the molecule is CCCCC1(CCCC)CCC1(C)C(Cl)=CC#N. The molecule has 18 heavy (non-hydrogen) atoms. The smallest absolute Gasteiger partial charge is 0.0924 e. The number of hydrogen-bond acceptors (Lipinski definition) is 1. The Bertz CT molecular complexity index is 331. The largest absolute Gasteiger partial charge is 0.193 e. The molecule has 1 aliphatic carbocycles. The molecule has 0 aliphatic heterocycles. The molecule has 2 heteroatoms. The highest BCUT2D eigenvalue weighted by molar-refractivity contribution is 6.30. The van der Waals surface area contributed by atoms with Gasteiger partial charge >= 0.3 is 0 Å². The van der Waals surface area contributed by atoms with Gasteiger partial charge in [0.05, 0.1) is 6.07 Å². The van der Waals surface area contributed by atoms with Crippen molar-refractivity contribution in [2.75, 3.05) is 0 Å². The van der Waals surface area contributed by atoms with Crippen LogP contribution in [-0.2, 0) is 0 Å². The second-order valence-corrected chi connectivity index (χ2v) is 6.35. The predicted octanol–water partition coefficient (Wildman–Crippen LogP) is 5.80. The first-order valence-electron chi connectivity index (χ1n) is 7.32. The number of rotatable bonds is 7. The maximum Gasteiger partial charge on any atom is 0.0924 e. The van der Waals surface area contributed by atoms with Crippen LogP contribution in [0.1, 0.15) is 72.1 Å². The average molecular weight is 268 g/mol. The van der Waals surface area contributed by atoms with Gasteiger partial charge in [0.15, 0.2) is 0 Å². The quantitative estimate of drug-likeness (QED) is 0.535. The fourth-order valence-electron chi connectivity index (χ4n) is 3.40. The Morgan fingerprint density at radius 1 is 1.22 bits per heavy atom. The molecule has 1 rings (SSSR count). The van der Waals surface area contributed by atoms with Crippen molar-refractivity contribution in [3.05, 3.63) is 11.1 Å². The van der Waals surface area contributed by atoms with Crippen molar-refractivity contribution < 1.29 is 0 Å². The van der Waals surface area contributed by atoms with Crippen molar-refractivity contribution in [2.45, 2.75) is 72.1 Å². The highest BCUT2D eigenvalue weighted by Gasteiger charge is 2.56. The summed E-state index contributed by atoms with van der Waals surface area (Å²) >= 11 is 6.40. The Kier molecular flexibility index (Phi) is 5.73. The van der Waals surface area contributed by atoms with Crippen molar-refractivity contribution in [1.82, 2.24) is 0 Å². The van der Waals surface area contributed by atoms with Gasteiger partial charge in [-0.3, -0.25) is 0 Å². The minimum absolute atomic E-state index is 0.0502. The molecule has 0 spiro atoms. The molecule has 0 amide bonds. The maximum absolute atomic E-state index is 8.83. The Labute approximate surface area is 117 Å². The Balaban J connectivity index is 2.89. The van der Waals surface area contributed by atoms with Crippen LogP contribution < -0.4 is 0 Å². The van der Waals surface area contributed by atoms with E-state index in [1.165, 1.54) is 44.9 Å². The molecule has 0 aromatic heterocycles. The number of nitrogens with zero attached hydrogens (tertiary/aromatic N) is 1. The zero-order valence-electron chi connectivity index (χ0n) is 12.1. The summed E-state index contributed by atoms with van der Waals surface area (Å²) in [7, 11) is 0. The number of nitriles is 1. The van der Waals surface area contributed by atoms with Crippen molar-refractivity contribution in [2.24, 2.45) is 10.8 Å². The lowest BCUT2D eigenvalue weighted by molar-refractivity contribution is -0.0486. The lowest BCUT2D eigenvalue weighted by atomic mass is 9.46. The molecule has 0 aromatic rings. The van der Waals surface area contributed by atoms with Gasteiger partial charge in [-0.2, -0.15) is 5.26 Å². The average Bonchev–Trinajstić information content (AvgIpc) is 2.37. The molecule has 1 fully saturated rings. The molecule has 0 bridgehead atoms. The van der Waals surface area contributed by atoms with Gasteiger partial charge in [-0.25, -0.2) is 0 Å². The molecule has 0 saturated heterocycles. The van der Waals surface area contributed by atoms with Gasteiger partial charge in [-0.15, -0.1) is 0 Å². The van der Waals surface area contributed by atoms with Gasteiger partial charge in [-0.1, -0.05) is 58.1 Å². The summed E-state index contributed by atoms with van der Waals surface area (Å²) in [5, 5.41) is 9.61. The molecule has 1 saturated carbocycles. The van der Waals surface area contributed by atoms with E-state index in [-0.39, 0.29) is 5.41 Å². The molecule has 1 unspecified atom stereocenters. The molecule has 1 nitrogen and oxygen atoms in total. The van der Waals surface area contributed by atoms with Gasteiger partial charge in [0.1, 0.15) is 0 Å². The monoisotopic (exact) mass is 267 g/mol. The predicted molar refractivity (Wildman–Crippen MR) is 78.4 cm³/mol. The number of halogens is 1. The standard InChI is InChI=1S/C16H26ClN/c1-4-6-9-16(10-7-5-2)12-11-15(16,3)14(17)8-13-18/h8H,4-7,9-12H2,1-3H3. The molecule has 0 N–H and O–H groups in total. The van der Waals surface area contributed by atoms with Crippen LogP contribution in [-0.4, -0.2) is 0 Å². The van der Waals surface area contributed by atoms with Gasteiger partial charge in [0, 0.05) is 16.5 Å². The first kappa shape index (κ1) is 15.6. The molecular formula is C16H26ClN. The Morgan fingerprint density at radius 3 is 2.11 bits per heavy atom. The van der Waals surface area contributed by atoms with E-state index in [2.05, 4.69) is 26.8 Å². The summed E-state index contributed by atoms with van der Waals surface area (Å²) in [5.41, 5.74) is 0.401. The van der Waals surface area contributed by atoms with E-state index in [0.29, 0.717) is 5.41 Å². The minimum atomic E-state index is 0.0502. The Hall–Kier alpha value is -0.480. The zero-order valence-corrected chi connectivity index (χ0v) is 12.8. The minimum Gasteiger partial charge on any atom is -0.193 e. The Morgan fingerprint density at radius 2 is 1.78 bits per heavy atom. The van der Waals surface area contributed by atoms with Crippen LogP contribution in [0.5, 0.6) is 0 Å². The fourth-order valence-corrected chi connectivity index (χ4v) is 3.74. The first-order valence-corrected chi connectivity index (χ1v) is 7.70. The normalized spacial score (nSPS) is 26.5. The second kappa shape index (κ2) is 6.62. The van der Waals surface area contributed by atoms with Crippen LogP contribution >= 0.6 is 11.6 Å². The highest BCUT2D eigenvalue weighted by Crippen LogP contribution is 2.66. The van der Waals surface area contributed by atoms with Gasteiger partial charge in [-0.05, 0) is 31.1 Å². The number of unbranched alkanes of at least 4 members (excludes halogenated alkanes) is 2. The third kappa shape index (κ3) is 2.75. The molecule has 1 atom stereocenters. The summed E-state index contributed by atoms with van der Waals surface area (Å²) in [6, 6.07) is 2.10. The topological polar surface area (TPSA) is 23.8 Å². The first-order chi connectivity index (χ1) is 8.56. The maximum atomic E-state index is 8.83. The lowest BCUT2D eigenvalue weighted by Crippen LogP contribution is -2.49. The third-order valence-electron chi connectivity index (χ3n) is 5.01. The van der Waals surface area contributed by atoms with E-state index in [1.54, 1.807) is 6.08 Å². The summed E-state index contributed by atoms with van der Waals surface area (Å²) in [6.45, 7) is 6.75. The summed E-state index contributed by atoms with van der Waals surface area (Å²) in [6.07, 6.45) is 11.5. The van der Waals surface area contributed by atoms with Crippen molar-refractivity contribution >= 4 is 11.6 Å². The van der Waals surface area contributed by atoms with E-state index in [4.69, 9.17) is 16.9 Å². The van der Waals surface area contributed by atoms with E-state index in [0.717, 1.165) is 11.5 Å². The van der Waals surface area contributed by atoms with E-state index in [9.17, 15) is 0 Å². The molecular weight excluding hydrogens is 242 g/mol. The number of allylic oxidation sites excluding steroid dienone is 2. The van der Waals surface area contributed by atoms with E-state index in [1.807, 2.05) is 0 Å². The van der Waals surface area contributed by atoms with Crippen LogP contribution in [0.4, 0.5) is 0 Å². The molecule has 1 aliphatic rings. The van der Waals surface area contributed by atoms with Gasteiger partial charge < -0.3 is 0 Å². The molecule has 102 valence electrons. The van der Waals surface area contributed by atoms with E-state index < -0.39 is 0 Å². The van der Waals surface area contributed by atoms with Crippen molar-refractivity contribution in [1.29, 1.82) is 5.26 Å². The highest BCUT2D eigenvalue weighted by atomic mass is 35.5. The molecule has 0 aromatic carbocycles. The van der Waals surface area contributed by atoms with Crippen molar-refractivity contribution in [3.63, 3.8) is 0 Å². The van der Waals surface area contributed by atoms with Gasteiger partial charge in [0.25, 0.3) is 0 Å². The second-order valence-electron chi connectivity index (χ2n) is 5.94. The van der Waals surface area contributed by atoms with E-state index >= 15 is 0 Å². The van der Waals surface area contributed by atoms with Crippen molar-refractivity contribution in [3.8, 4) is 6.07 Å². The summed E-state index contributed by atoms with van der Waals surface area (Å²) < 4.78 is 0. The zero-order chi connectivity index (χ0) is 13.6. The number of hydrogen-bond donors (Lipinski definition) is 0.